The summed E-state index contributed by atoms with van der Waals surface area (Å²) in [6.07, 6.45) is -1.72. The van der Waals surface area contributed by atoms with Crippen LogP contribution in [0, 0.1) is 5.82 Å². The van der Waals surface area contributed by atoms with Gasteiger partial charge in [0.05, 0.1) is 6.54 Å². The van der Waals surface area contributed by atoms with E-state index in [2.05, 4.69) is 15.3 Å². The van der Waals surface area contributed by atoms with Gasteiger partial charge in [-0.3, -0.25) is 4.90 Å². The van der Waals surface area contributed by atoms with E-state index in [0.717, 1.165) is 0 Å². The van der Waals surface area contributed by atoms with Crippen molar-refractivity contribution in [1.82, 2.24) is 14.9 Å². The van der Waals surface area contributed by atoms with Crippen LogP contribution >= 0.6 is 0 Å². The number of hydrogen-bond donors (Lipinski definition) is 1. The molecule has 3 rings (SSSR count). The SMILES string of the molecule is Fc1cccc2c(NC3CCN(CC(F)(F)F)CC3)ncnc12. The Morgan fingerprint density at radius 2 is 1.91 bits per heavy atom. The molecule has 0 saturated carbocycles. The predicted molar refractivity (Wildman–Crippen MR) is 78.6 cm³/mol. The number of hydrogen-bond acceptors (Lipinski definition) is 4. The molecule has 0 unspecified atom stereocenters. The topological polar surface area (TPSA) is 41.0 Å². The molecule has 0 bridgehead atoms. The Balaban J connectivity index is 1.67. The zero-order chi connectivity index (χ0) is 16.4. The zero-order valence-corrected chi connectivity index (χ0v) is 12.3. The first kappa shape index (κ1) is 15.9. The van der Waals surface area contributed by atoms with Gasteiger partial charge in [0.1, 0.15) is 23.5 Å². The molecule has 2 aromatic rings. The largest absolute Gasteiger partial charge is 0.401 e. The van der Waals surface area contributed by atoms with Gasteiger partial charge in [-0.2, -0.15) is 13.2 Å². The van der Waals surface area contributed by atoms with Gasteiger partial charge < -0.3 is 5.32 Å². The Morgan fingerprint density at radius 1 is 1.17 bits per heavy atom. The van der Waals surface area contributed by atoms with Crippen LogP contribution in [0.4, 0.5) is 23.4 Å². The minimum absolute atomic E-state index is 0.0147. The minimum atomic E-state index is -4.17. The van der Waals surface area contributed by atoms with Crippen molar-refractivity contribution < 1.29 is 17.6 Å². The molecular formula is C15H16F4N4. The number of rotatable bonds is 3. The first-order valence-corrected chi connectivity index (χ1v) is 7.37. The van der Waals surface area contributed by atoms with Gasteiger partial charge in [0.15, 0.2) is 0 Å². The fourth-order valence-corrected chi connectivity index (χ4v) is 2.85. The third-order valence-electron chi connectivity index (χ3n) is 3.95. The van der Waals surface area contributed by atoms with Gasteiger partial charge in [-0.05, 0) is 25.0 Å². The van der Waals surface area contributed by atoms with Crippen molar-refractivity contribution in [1.29, 1.82) is 0 Å². The van der Waals surface area contributed by atoms with E-state index in [1.165, 1.54) is 17.3 Å². The highest BCUT2D eigenvalue weighted by atomic mass is 19.4. The fourth-order valence-electron chi connectivity index (χ4n) is 2.85. The van der Waals surface area contributed by atoms with Gasteiger partial charge in [0, 0.05) is 24.5 Å². The van der Waals surface area contributed by atoms with E-state index in [9.17, 15) is 17.6 Å². The van der Waals surface area contributed by atoms with E-state index in [-0.39, 0.29) is 11.6 Å². The number of aromatic nitrogens is 2. The van der Waals surface area contributed by atoms with E-state index >= 15 is 0 Å². The standard InChI is InChI=1S/C15H16F4N4/c16-12-3-1-2-11-13(12)20-9-21-14(11)22-10-4-6-23(7-5-10)8-15(17,18)19/h1-3,9-10H,4-8H2,(H,20,21,22). The van der Waals surface area contributed by atoms with Crippen molar-refractivity contribution in [2.24, 2.45) is 0 Å². The predicted octanol–water partition coefficient (Wildman–Crippen LogP) is 3.21. The summed E-state index contributed by atoms with van der Waals surface area (Å²) in [6, 6.07) is 4.65. The molecule has 124 valence electrons. The molecule has 0 aliphatic carbocycles. The van der Waals surface area contributed by atoms with Gasteiger partial charge in [-0.25, -0.2) is 14.4 Å². The lowest BCUT2D eigenvalue weighted by Gasteiger charge is -2.33. The number of fused-ring (bicyclic) bond motifs is 1. The first-order valence-electron chi connectivity index (χ1n) is 7.37. The number of halogens is 4. The van der Waals surface area contributed by atoms with E-state index in [1.54, 1.807) is 12.1 Å². The van der Waals surface area contributed by atoms with E-state index in [1.807, 2.05) is 0 Å². The van der Waals surface area contributed by atoms with Crippen LogP contribution in [0.5, 0.6) is 0 Å². The molecule has 4 nitrogen and oxygen atoms in total. The molecule has 1 aliphatic heterocycles. The maximum atomic E-state index is 13.7. The molecule has 1 aromatic carbocycles. The molecule has 23 heavy (non-hydrogen) atoms. The quantitative estimate of drug-likeness (QED) is 0.879. The van der Waals surface area contributed by atoms with Crippen LogP contribution < -0.4 is 5.32 Å². The van der Waals surface area contributed by atoms with E-state index < -0.39 is 18.5 Å². The number of benzene rings is 1. The molecule has 0 atom stereocenters. The maximum absolute atomic E-state index is 13.7. The first-order chi connectivity index (χ1) is 10.9. The van der Waals surface area contributed by atoms with Crippen molar-refractivity contribution in [3.63, 3.8) is 0 Å². The van der Waals surface area contributed by atoms with E-state index in [4.69, 9.17) is 0 Å². The van der Waals surface area contributed by atoms with Gasteiger partial charge in [0.25, 0.3) is 0 Å². The molecule has 1 saturated heterocycles. The Hall–Kier alpha value is -1.96. The van der Waals surface area contributed by atoms with Gasteiger partial charge in [-0.15, -0.1) is 0 Å². The Bertz CT molecular complexity index is 681. The average Bonchev–Trinajstić information content (AvgIpc) is 2.49. The number of para-hydroxylation sites is 1. The molecule has 0 radical (unpaired) electrons. The van der Waals surface area contributed by atoms with Crippen molar-refractivity contribution in [2.45, 2.75) is 25.1 Å². The minimum Gasteiger partial charge on any atom is -0.367 e. The summed E-state index contributed by atoms with van der Waals surface area (Å²) < 4.78 is 50.9. The monoisotopic (exact) mass is 328 g/mol. The lowest BCUT2D eigenvalue weighted by atomic mass is 10.0. The van der Waals surface area contributed by atoms with Crippen LogP contribution in [0.15, 0.2) is 24.5 Å². The van der Waals surface area contributed by atoms with Gasteiger partial charge in [0.2, 0.25) is 0 Å². The van der Waals surface area contributed by atoms with Crippen molar-refractivity contribution >= 4 is 16.7 Å². The fraction of sp³-hybridized carbons (Fsp3) is 0.467. The normalized spacial score (nSPS) is 17.6. The van der Waals surface area contributed by atoms with Crippen molar-refractivity contribution in [3.05, 3.63) is 30.3 Å². The van der Waals surface area contributed by atoms with Crippen molar-refractivity contribution in [3.8, 4) is 0 Å². The second-order valence-corrected chi connectivity index (χ2v) is 5.67. The summed E-state index contributed by atoms with van der Waals surface area (Å²) in [5.41, 5.74) is 0.236. The zero-order valence-electron chi connectivity index (χ0n) is 12.3. The Labute approximate surface area is 130 Å². The maximum Gasteiger partial charge on any atom is 0.401 e. The summed E-state index contributed by atoms with van der Waals surface area (Å²) in [4.78, 5) is 9.46. The molecule has 2 heterocycles. The Morgan fingerprint density at radius 3 is 2.61 bits per heavy atom. The molecule has 1 N–H and O–H groups in total. The number of nitrogens with one attached hydrogen (secondary N) is 1. The summed E-state index contributed by atoms with van der Waals surface area (Å²) in [7, 11) is 0. The number of likely N-dealkylation sites (tertiary alicyclic amines) is 1. The highest BCUT2D eigenvalue weighted by Crippen LogP contribution is 2.25. The molecule has 1 aliphatic rings. The van der Waals surface area contributed by atoms with Gasteiger partial charge in [-0.1, -0.05) is 6.07 Å². The molecule has 0 amide bonds. The number of piperidine rings is 1. The highest BCUT2D eigenvalue weighted by Gasteiger charge is 2.32. The van der Waals surface area contributed by atoms with Crippen LogP contribution in [0.25, 0.3) is 10.9 Å². The summed E-state index contributed by atoms with van der Waals surface area (Å²) >= 11 is 0. The average molecular weight is 328 g/mol. The summed E-state index contributed by atoms with van der Waals surface area (Å²) in [6.45, 7) is -0.134. The Kier molecular flexibility index (Phi) is 4.34. The number of alkyl halides is 3. The molecule has 1 fully saturated rings. The van der Waals surface area contributed by atoms with Crippen LogP contribution in [0.1, 0.15) is 12.8 Å². The molecular weight excluding hydrogens is 312 g/mol. The number of nitrogens with zero attached hydrogens (tertiary/aromatic N) is 3. The smallest absolute Gasteiger partial charge is 0.367 e. The summed E-state index contributed by atoms with van der Waals surface area (Å²) in [5, 5.41) is 3.78. The van der Waals surface area contributed by atoms with Gasteiger partial charge >= 0.3 is 6.18 Å². The lowest BCUT2D eigenvalue weighted by Crippen LogP contribution is -2.43. The highest BCUT2D eigenvalue weighted by molar-refractivity contribution is 5.89. The van der Waals surface area contributed by atoms with Crippen molar-refractivity contribution in [2.75, 3.05) is 25.0 Å². The van der Waals surface area contributed by atoms with Crippen LogP contribution in [0.3, 0.4) is 0 Å². The second kappa shape index (κ2) is 6.27. The van der Waals surface area contributed by atoms with Crippen LogP contribution in [0.2, 0.25) is 0 Å². The molecule has 0 spiro atoms. The van der Waals surface area contributed by atoms with E-state index in [0.29, 0.717) is 37.1 Å². The number of anilines is 1. The third kappa shape index (κ3) is 3.87. The second-order valence-electron chi connectivity index (χ2n) is 5.67. The van der Waals surface area contributed by atoms with Crippen LogP contribution in [-0.4, -0.2) is 46.7 Å². The molecule has 1 aromatic heterocycles. The molecule has 8 heteroatoms. The third-order valence-corrected chi connectivity index (χ3v) is 3.95. The summed E-state index contributed by atoms with van der Waals surface area (Å²) in [5.74, 6) is 0.0942. The van der Waals surface area contributed by atoms with Crippen LogP contribution in [-0.2, 0) is 0 Å². The lowest BCUT2D eigenvalue weighted by molar-refractivity contribution is -0.147.